The Bertz CT molecular complexity index is 1300. The van der Waals surface area contributed by atoms with E-state index in [9.17, 15) is 4.79 Å². The summed E-state index contributed by atoms with van der Waals surface area (Å²) in [5, 5.41) is 9.05. The van der Waals surface area contributed by atoms with Crippen LogP contribution in [-0.2, 0) is 22.6 Å². The number of rotatable bonds is 10. The van der Waals surface area contributed by atoms with Gasteiger partial charge >= 0.3 is 5.97 Å². The highest BCUT2D eigenvalue weighted by molar-refractivity contribution is 5.87. The van der Waals surface area contributed by atoms with Crippen LogP contribution in [0.25, 0.3) is 22.3 Å². The Kier molecular flexibility index (Phi) is 9.63. The van der Waals surface area contributed by atoms with Crippen LogP contribution < -0.4 is 4.74 Å². The van der Waals surface area contributed by atoms with Gasteiger partial charge in [0.1, 0.15) is 19.0 Å². The maximum absolute atomic E-state index is 12.3. The standard InChI is InChI=1S/C35H42O4/c1-6-26-20-33(28-11-14-31(15-12-28)38-18-17-36)30(22-39-35(37)23(2)3)21-34(26)32-16-13-29(19-25(32)5)27-9-7-24(4)8-10-27/h11-16,19-21,24,27,36H,2,6-10,17-18,22H2,1,3-5H3. The fourth-order valence-corrected chi connectivity index (χ4v) is 5.62. The quantitative estimate of drug-likeness (QED) is 0.214. The molecule has 0 bridgehead atoms. The summed E-state index contributed by atoms with van der Waals surface area (Å²) in [5.74, 6) is 1.81. The molecule has 4 nitrogen and oxygen atoms in total. The van der Waals surface area contributed by atoms with E-state index in [1.807, 2.05) is 24.3 Å². The van der Waals surface area contributed by atoms with Crippen LogP contribution in [0.3, 0.4) is 0 Å². The highest BCUT2D eigenvalue weighted by atomic mass is 16.5. The predicted molar refractivity (Wildman–Crippen MR) is 159 cm³/mol. The van der Waals surface area contributed by atoms with Crippen LogP contribution in [0.4, 0.5) is 0 Å². The van der Waals surface area contributed by atoms with Crippen molar-refractivity contribution in [3.05, 3.63) is 89.0 Å². The second kappa shape index (κ2) is 13.1. The number of aliphatic hydroxyl groups is 1. The summed E-state index contributed by atoms with van der Waals surface area (Å²) in [6.45, 7) is 12.6. The van der Waals surface area contributed by atoms with Crippen LogP contribution in [0, 0.1) is 12.8 Å². The van der Waals surface area contributed by atoms with Crippen molar-refractivity contribution in [1.82, 2.24) is 0 Å². The molecule has 0 spiro atoms. The van der Waals surface area contributed by atoms with Gasteiger partial charge in [-0.25, -0.2) is 4.79 Å². The van der Waals surface area contributed by atoms with Crippen molar-refractivity contribution < 1.29 is 19.4 Å². The van der Waals surface area contributed by atoms with Crippen LogP contribution in [0.1, 0.15) is 74.6 Å². The fourth-order valence-electron chi connectivity index (χ4n) is 5.62. The highest BCUT2D eigenvalue weighted by Gasteiger charge is 2.21. The second-order valence-corrected chi connectivity index (χ2v) is 11.0. The molecule has 1 N–H and O–H groups in total. The third kappa shape index (κ3) is 6.99. The summed E-state index contributed by atoms with van der Waals surface area (Å²) in [4.78, 5) is 12.3. The molecule has 4 heteroatoms. The van der Waals surface area contributed by atoms with Gasteiger partial charge in [-0.15, -0.1) is 0 Å². The lowest BCUT2D eigenvalue weighted by Crippen LogP contribution is -2.11. The summed E-state index contributed by atoms with van der Waals surface area (Å²) in [7, 11) is 0. The average molecular weight is 527 g/mol. The number of aliphatic hydroxyl groups excluding tert-OH is 1. The molecule has 4 rings (SSSR count). The van der Waals surface area contributed by atoms with Gasteiger partial charge in [-0.3, -0.25) is 0 Å². The first kappa shape index (κ1) is 28.6. The zero-order valence-corrected chi connectivity index (χ0v) is 23.9. The molecule has 0 unspecified atom stereocenters. The van der Waals surface area contributed by atoms with Gasteiger partial charge in [0.05, 0.1) is 6.61 Å². The molecule has 0 saturated heterocycles. The van der Waals surface area contributed by atoms with Crippen LogP contribution in [-0.4, -0.2) is 24.3 Å². The van der Waals surface area contributed by atoms with Crippen LogP contribution in [0.5, 0.6) is 5.75 Å². The van der Waals surface area contributed by atoms with E-state index in [0.29, 0.717) is 17.2 Å². The summed E-state index contributed by atoms with van der Waals surface area (Å²) < 4.78 is 11.2. The minimum atomic E-state index is -0.392. The van der Waals surface area contributed by atoms with Gasteiger partial charge < -0.3 is 14.6 Å². The molecule has 0 radical (unpaired) electrons. The maximum atomic E-state index is 12.3. The Morgan fingerprint density at radius 1 is 0.949 bits per heavy atom. The Labute approximate surface area is 233 Å². The molecule has 3 aromatic carbocycles. The molecule has 206 valence electrons. The van der Waals surface area contributed by atoms with E-state index in [1.54, 1.807) is 6.92 Å². The summed E-state index contributed by atoms with van der Waals surface area (Å²) in [5.41, 5.74) is 9.79. The number of carbonyl (C=O) groups excluding carboxylic acids is 1. The van der Waals surface area contributed by atoms with Gasteiger partial charge in [-0.05, 0) is 108 Å². The van der Waals surface area contributed by atoms with Gasteiger partial charge in [0.25, 0.3) is 0 Å². The van der Waals surface area contributed by atoms with Crippen LogP contribution >= 0.6 is 0 Å². The molecule has 1 fully saturated rings. The van der Waals surface area contributed by atoms with Gasteiger partial charge in [-0.1, -0.05) is 69.7 Å². The molecule has 1 saturated carbocycles. The van der Waals surface area contributed by atoms with E-state index >= 15 is 0 Å². The zero-order chi connectivity index (χ0) is 27.9. The lowest BCUT2D eigenvalue weighted by atomic mass is 9.78. The molecule has 0 atom stereocenters. The smallest absolute Gasteiger partial charge is 0.333 e. The number of hydrogen-bond acceptors (Lipinski definition) is 4. The molecule has 1 aliphatic rings. The van der Waals surface area contributed by atoms with Crippen molar-refractivity contribution in [2.45, 2.75) is 72.3 Å². The predicted octanol–water partition coefficient (Wildman–Crippen LogP) is 8.18. The van der Waals surface area contributed by atoms with Crippen molar-refractivity contribution in [3.63, 3.8) is 0 Å². The molecule has 0 amide bonds. The van der Waals surface area contributed by atoms with Crippen molar-refractivity contribution in [2.24, 2.45) is 5.92 Å². The van der Waals surface area contributed by atoms with Gasteiger partial charge in [0, 0.05) is 5.57 Å². The lowest BCUT2D eigenvalue weighted by Gasteiger charge is -2.27. The molecule has 0 heterocycles. The lowest BCUT2D eigenvalue weighted by molar-refractivity contribution is -0.140. The third-order valence-electron chi connectivity index (χ3n) is 7.97. The molecule has 3 aromatic rings. The van der Waals surface area contributed by atoms with E-state index in [1.165, 1.54) is 53.5 Å². The van der Waals surface area contributed by atoms with Crippen molar-refractivity contribution in [1.29, 1.82) is 0 Å². The van der Waals surface area contributed by atoms with Crippen molar-refractivity contribution in [3.8, 4) is 28.0 Å². The minimum Gasteiger partial charge on any atom is -0.491 e. The first-order valence-electron chi connectivity index (χ1n) is 14.2. The largest absolute Gasteiger partial charge is 0.491 e. The normalized spacial score (nSPS) is 17.1. The van der Waals surface area contributed by atoms with Gasteiger partial charge in [-0.2, -0.15) is 0 Å². The monoisotopic (exact) mass is 526 g/mol. The number of esters is 1. The molecule has 39 heavy (non-hydrogen) atoms. The summed E-state index contributed by atoms with van der Waals surface area (Å²) in [6.07, 6.45) is 6.06. The van der Waals surface area contributed by atoms with E-state index in [4.69, 9.17) is 14.6 Å². The molecule has 0 aliphatic heterocycles. The van der Waals surface area contributed by atoms with E-state index in [-0.39, 0.29) is 19.8 Å². The SMILES string of the molecule is C=C(C)C(=O)OCc1cc(-c2ccc(C3CCC(C)CC3)cc2C)c(CC)cc1-c1ccc(OCCO)cc1. The highest BCUT2D eigenvalue weighted by Crippen LogP contribution is 2.39. The number of hydrogen-bond donors (Lipinski definition) is 1. The Morgan fingerprint density at radius 3 is 2.26 bits per heavy atom. The van der Waals surface area contributed by atoms with Crippen LogP contribution in [0.2, 0.25) is 0 Å². The van der Waals surface area contributed by atoms with Gasteiger partial charge in [0.15, 0.2) is 0 Å². The Balaban J connectivity index is 1.73. The minimum absolute atomic E-state index is 0.0262. The fraction of sp³-hybridized carbons (Fsp3) is 0.400. The molecular formula is C35H42O4. The zero-order valence-electron chi connectivity index (χ0n) is 23.9. The maximum Gasteiger partial charge on any atom is 0.333 e. The Hall–Kier alpha value is -3.37. The van der Waals surface area contributed by atoms with Crippen molar-refractivity contribution >= 4 is 5.97 Å². The number of ether oxygens (including phenoxy) is 2. The molecule has 0 aromatic heterocycles. The van der Waals surface area contributed by atoms with E-state index in [2.05, 4.69) is 57.7 Å². The number of carbonyl (C=O) groups is 1. The van der Waals surface area contributed by atoms with E-state index in [0.717, 1.165) is 29.0 Å². The first-order valence-corrected chi connectivity index (χ1v) is 14.2. The molecular weight excluding hydrogens is 484 g/mol. The van der Waals surface area contributed by atoms with E-state index < -0.39 is 5.97 Å². The van der Waals surface area contributed by atoms with Crippen molar-refractivity contribution in [2.75, 3.05) is 13.2 Å². The number of benzene rings is 3. The summed E-state index contributed by atoms with van der Waals surface area (Å²) >= 11 is 0. The second-order valence-electron chi connectivity index (χ2n) is 11.0. The topological polar surface area (TPSA) is 55.8 Å². The number of aryl methyl sites for hydroxylation is 2. The summed E-state index contributed by atoms with van der Waals surface area (Å²) in [6, 6.07) is 19.3. The van der Waals surface area contributed by atoms with Crippen LogP contribution in [0.15, 0.2) is 66.7 Å². The molecule has 1 aliphatic carbocycles. The van der Waals surface area contributed by atoms with Gasteiger partial charge in [0.2, 0.25) is 0 Å². The first-order chi connectivity index (χ1) is 18.8. The Morgan fingerprint density at radius 2 is 1.64 bits per heavy atom. The average Bonchev–Trinajstić information content (AvgIpc) is 2.95. The third-order valence-corrected chi connectivity index (χ3v) is 7.97.